The highest BCUT2D eigenvalue weighted by Crippen LogP contribution is 2.22. The lowest BCUT2D eigenvalue weighted by atomic mass is 10.1. The maximum Gasteiger partial charge on any atom is 0.168 e. The highest BCUT2D eigenvalue weighted by Gasteiger charge is 2.09. The minimum atomic E-state index is 0.189. The lowest BCUT2D eigenvalue weighted by molar-refractivity contribution is 0.0994. The summed E-state index contributed by atoms with van der Waals surface area (Å²) in [6, 6.07) is 5.83. The molecule has 2 heterocycles. The molecule has 0 radical (unpaired) electrons. The van der Waals surface area contributed by atoms with Gasteiger partial charge in [-0.3, -0.25) is 4.79 Å². The Morgan fingerprint density at radius 1 is 1.43 bits per heavy atom. The van der Waals surface area contributed by atoms with Crippen LogP contribution in [0.4, 0.5) is 0 Å². The molecule has 0 bridgehead atoms. The molecule has 2 rings (SSSR count). The molecule has 72 valence electrons. The number of Topliss-reactive ketones (excluding diaryl/α,β-unsaturated/α-hetero) is 1. The highest BCUT2D eigenvalue weighted by molar-refractivity contribution is 9.11. The van der Waals surface area contributed by atoms with Crippen LogP contribution in [-0.4, -0.2) is 5.78 Å². The van der Waals surface area contributed by atoms with E-state index in [-0.39, 0.29) is 5.78 Å². The molecule has 14 heavy (non-hydrogen) atoms. The van der Waals surface area contributed by atoms with Crippen LogP contribution in [0.2, 0.25) is 0 Å². The summed E-state index contributed by atoms with van der Waals surface area (Å²) in [7, 11) is 0. The maximum atomic E-state index is 11.7. The zero-order valence-electron chi connectivity index (χ0n) is 7.20. The average Bonchev–Trinajstić information content (AvgIpc) is 2.75. The third kappa shape index (κ3) is 2.32. The first-order valence-electron chi connectivity index (χ1n) is 4.05. The van der Waals surface area contributed by atoms with E-state index < -0.39 is 0 Å². The van der Waals surface area contributed by atoms with Gasteiger partial charge in [-0.25, -0.2) is 0 Å². The number of ketones is 1. The third-order valence-electron chi connectivity index (χ3n) is 1.80. The Labute approximate surface area is 98.5 Å². The topological polar surface area (TPSA) is 17.1 Å². The molecule has 0 amide bonds. The highest BCUT2D eigenvalue weighted by atomic mass is 79.9. The van der Waals surface area contributed by atoms with Gasteiger partial charge in [0.05, 0.1) is 3.79 Å². The Morgan fingerprint density at radius 3 is 2.86 bits per heavy atom. The number of halogens is 1. The van der Waals surface area contributed by atoms with Crippen molar-refractivity contribution in [3.05, 3.63) is 43.2 Å². The van der Waals surface area contributed by atoms with E-state index in [0.717, 1.165) is 14.2 Å². The van der Waals surface area contributed by atoms with E-state index in [4.69, 9.17) is 0 Å². The zero-order valence-corrected chi connectivity index (χ0v) is 10.4. The van der Waals surface area contributed by atoms with Crippen molar-refractivity contribution in [1.82, 2.24) is 0 Å². The molecular formula is C10H7BrOS2. The largest absolute Gasteiger partial charge is 0.294 e. The fourth-order valence-corrected chi connectivity index (χ4v) is 2.99. The van der Waals surface area contributed by atoms with Gasteiger partial charge in [-0.2, -0.15) is 0 Å². The van der Waals surface area contributed by atoms with Crippen molar-refractivity contribution >= 4 is 44.4 Å². The molecule has 2 aromatic rings. The fourth-order valence-electron chi connectivity index (χ4n) is 1.13. The van der Waals surface area contributed by atoms with E-state index in [2.05, 4.69) is 15.9 Å². The van der Waals surface area contributed by atoms with Gasteiger partial charge >= 0.3 is 0 Å². The van der Waals surface area contributed by atoms with Crippen molar-refractivity contribution in [2.45, 2.75) is 6.42 Å². The average molecular weight is 287 g/mol. The third-order valence-corrected chi connectivity index (χ3v) is 4.19. The van der Waals surface area contributed by atoms with Crippen LogP contribution in [0.25, 0.3) is 0 Å². The van der Waals surface area contributed by atoms with Crippen LogP contribution < -0.4 is 0 Å². The molecule has 0 aliphatic heterocycles. The number of carbonyl (C=O) groups is 1. The van der Waals surface area contributed by atoms with Gasteiger partial charge in [0.15, 0.2) is 5.78 Å². The minimum absolute atomic E-state index is 0.189. The molecule has 0 aliphatic rings. The molecule has 2 aromatic heterocycles. The summed E-state index contributed by atoms with van der Waals surface area (Å²) in [6.45, 7) is 0. The van der Waals surface area contributed by atoms with Crippen LogP contribution in [0, 0.1) is 0 Å². The second kappa shape index (κ2) is 4.38. The number of rotatable bonds is 3. The van der Waals surface area contributed by atoms with E-state index in [1.54, 1.807) is 22.7 Å². The molecule has 0 saturated heterocycles. The summed E-state index contributed by atoms with van der Waals surface area (Å²) in [6.07, 6.45) is 0.515. The molecular weight excluding hydrogens is 280 g/mol. The SMILES string of the molecule is O=C(Cc1cccs1)c1csc(Br)c1. The van der Waals surface area contributed by atoms with E-state index >= 15 is 0 Å². The molecule has 0 fully saturated rings. The summed E-state index contributed by atoms with van der Waals surface area (Å²) in [5, 5.41) is 3.88. The Balaban J connectivity index is 2.10. The Hall–Kier alpha value is -0.450. The van der Waals surface area contributed by atoms with Crippen LogP contribution in [0.3, 0.4) is 0 Å². The van der Waals surface area contributed by atoms with Crippen molar-refractivity contribution in [1.29, 1.82) is 0 Å². The van der Waals surface area contributed by atoms with Crippen LogP contribution in [-0.2, 0) is 6.42 Å². The molecule has 1 nitrogen and oxygen atoms in total. The van der Waals surface area contributed by atoms with Gasteiger partial charge in [0.25, 0.3) is 0 Å². The Bertz CT molecular complexity index is 431. The first kappa shape index (κ1) is 10.1. The normalized spacial score (nSPS) is 10.4. The number of hydrogen-bond donors (Lipinski definition) is 0. The first-order chi connectivity index (χ1) is 6.75. The van der Waals surface area contributed by atoms with Gasteiger partial charge in [-0.15, -0.1) is 22.7 Å². The quantitative estimate of drug-likeness (QED) is 0.780. The second-order valence-electron chi connectivity index (χ2n) is 2.82. The van der Waals surface area contributed by atoms with E-state index in [1.807, 2.05) is 29.0 Å². The second-order valence-corrected chi connectivity index (χ2v) is 6.14. The van der Waals surface area contributed by atoms with Crippen LogP contribution in [0.15, 0.2) is 32.7 Å². The summed E-state index contributed by atoms with van der Waals surface area (Å²) in [4.78, 5) is 12.8. The van der Waals surface area contributed by atoms with Crippen LogP contribution >= 0.6 is 38.6 Å². The number of carbonyl (C=O) groups excluding carboxylic acids is 1. The van der Waals surface area contributed by atoms with Crippen LogP contribution in [0.5, 0.6) is 0 Å². The molecule has 0 N–H and O–H groups in total. The standard InChI is InChI=1S/C10H7BrOS2/c11-10-4-7(6-14-10)9(12)5-8-2-1-3-13-8/h1-4,6H,5H2. The fraction of sp³-hybridized carbons (Fsp3) is 0.100. The monoisotopic (exact) mass is 286 g/mol. The van der Waals surface area contributed by atoms with Gasteiger partial charge < -0.3 is 0 Å². The van der Waals surface area contributed by atoms with Gasteiger partial charge in [0, 0.05) is 22.2 Å². The molecule has 0 spiro atoms. The smallest absolute Gasteiger partial charge is 0.168 e. The van der Waals surface area contributed by atoms with Gasteiger partial charge in [0.2, 0.25) is 0 Å². The van der Waals surface area contributed by atoms with Gasteiger partial charge in [-0.05, 0) is 33.4 Å². The summed E-state index contributed by atoms with van der Waals surface area (Å²) in [5.41, 5.74) is 0.801. The Kier molecular flexibility index (Phi) is 3.15. The van der Waals surface area contributed by atoms with E-state index in [0.29, 0.717) is 6.42 Å². The van der Waals surface area contributed by atoms with Crippen molar-refractivity contribution in [2.24, 2.45) is 0 Å². The first-order valence-corrected chi connectivity index (χ1v) is 6.60. The van der Waals surface area contributed by atoms with E-state index in [9.17, 15) is 4.79 Å². The van der Waals surface area contributed by atoms with Crippen molar-refractivity contribution in [3.8, 4) is 0 Å². The lowest BCUT2D eigenvalue weighted by Crippen LogP contribution is -1.99. The van der Waals surface area contributed by atoms with Crippen molar-refractivity contribution in [3.63, 3.8) is 0 Å². The number of hydrogen-bond acceptors (Lipinski definition) is 3. The van der Waals surface area contributed by atoms with Gasteiger partial charge in [0.1, 0.15) is 0 Å². The molecule has 4 heteroatoms. The summed E-state index contributed by atoms with van der Waals surface area (Å²) >= 11 is 6.52. The molecule has 0 aliphatic carbocycles. The molecule has 0 saturated carbocycles. The molecule has 0 aromatic carbocycles. The number of thiophene rings is 2. The van der Waals surface area contributed by atoms with Crippen molar-refractivity contribution < 1.29 is 4.79 Å². The van der Waals surface area contributed by atoms with E-state index in [1.165, 1.54) is 0 Å². The molecule has 0 unspecified atom stereocenters. The van der Waals surface area contributed by atoms with Gasteiger partial charge in [-0.1, -0.05) is 6.07 Å². The predicted octanol–water partition coefficient (Wildman–Crippen LogP) is 4.00. The summed E-state index contributed by atoms with van der Waals surface area (Å²) < 4.78 is 1.01. The summed E-state index contributed by atoms with van der Waals surface area (Å²) in [5.74, 6) is 0.189. The Morgan fingerprint density at radius 2 is 2.29 bits per heavy atom. The maximum absolute atomic E-state index is 11.7. The lowest BCUT2D eigenvalue weighted by Gasteiger charge is -1.93. The predicted molar refractivity (Wildman–Crippen MR) is 64.4 cm³/mol. The van der Waals surface area contributed by atoms with Crippen LogP contribution in [0.1, 0.15) is 15.2 Å². The molecule has 0 atom stereocenters. The minimum Gasteiger partial charge on any atom is -0.294 e. The zero-order chi connectivity index (χ0) is 9.97. The van der Waals surface area contributed by atoms with Crippen molar-refractivity contribution in [2.75, 3.05) is 0 Å².